The van der Waals surface area contributed by atoms with Crippen LogP contribution in [0.4, 0.5) is 13.6 Å². The maximum absolute atomic E-state index is 12.6. The van der Waals surface area contributed by atoms with Gasteiger partial charge >= 0.3 is 6.03 Å². The molecule has 1 aliphatic heterocycles. The normalized spacial score (nSPS) is 23.3. The van der Waals surface area contributed by atoms with Crippen molar-refractivity contribution in [1.82, 2.24) is 4.90 Å². The van der Waals surface area contributed by atoms with Gasteiger partial charge in [0.2, 0.25) is 0 Å². The van der Waals surface area contributed by atoms with Gasteiger partial charge in [-0.3, -0.25) is 0 Å². The predicted octanol–water partition coefficient (Wildman–Crippen LogP) is 0.796. The van der Waals surface area contributed by atoms with Crippen molar-refractivity contribution in [3.05, 3.63) is 0 Å². The van der Waals surface area contributed by atoms with E-state index in [0.717, 1.165) is 4.90 Å². The first kappa shape index (κ1) is 8.23. The first-order valence-corrected chi connectivity index (χ1v) is 3.43. The maximum atomic E-state index is 12.6. The molecule has 0 unspecified atom stereocenters. The van der Waals surface area contributed by atoms with Crippen LogP contribution in [-0.4, -0.2) is 29.9 Å². The van der Waals surface area contributed by atoms with Gasteiger partial charge in [0, 0.05) is 13.0 Å². The van der Waals surface area contributed by atoms with E-state index in [2.05, 4.69) is 0 Å². The van der Waals surface area contributed by atoms with Gasteiger partial charge in [-0.1, -0.05) is 0 Å². The molecule has 1 saturated heterocycles. The Hall–Kier alpha value is -0.870. The van der Waals surface area contributed by atoms with Gasteiger partial charge in [0.15, 0.2) is 0 Å². The third-order valence-corrected chi connectivity index (χ3v) is 1.70. The molecule has 3 nitrogen and oxygen atoms in total. The molecule has 0 atom stereocenters. The number of piperidine rings is 1. The summed E-state index contributed by atoms with van der Waals surface area (Å²) in [6, 6.07) is -0.760. The van der Waals surface area contributed by atoms with E-state index in [9.17, 15) is 13.6 Å². The van der Waals surface area contributed by atoms with E-state index in [4.69, 9.17) is 5.73 Å². The number of nitrogens with zero attached hydrogens (tertiary/aromatic N) is 1. The van der Waals surface area contributed by atoms with Crippen molar-refractivity contribution >= 4 is 6.03 Å². The van der Waals surface area contributed by atoms with Crippen molar-refractivity contribution in [2.24, 2.45) is 5.73 Å². The van der Waals surface area contributed by atoms with Crippen molar-refractivity contribution < 1.29 is 13.6 Å². The van der Waals surface area contributed by atoms with Crippen LogP contribution >= 0.6 is 0 Å². The highest BCUT2D eigenvalue weighted by Crippen LogP contribution is 2.25. The largest absolute Gasteiger partial charge is 0.351 e. The van der Waals surface area contributed by atoms with Crippen molar-refractivity contribution in [2.75, 3.05) is 13.1 Å². The molecule has 1 heterocycles. The summed E-state index contributed by atoms with van der Waals surface area (Å²) in [5.74, 6) is -2.74. The number of amides is 2. The summed E-state index contributed by atoms with van der Waals surface area (Å²) >= 11 is 0. The van der Waals surface area contributed by atoms with Crippen LogP contribution in [0.2, 0.25) is 0 Å². The number of primary amides is 1. The fourth-order valence-corrected chi connectivity index (χ4v) is 1.15. The van der Waals surface area contributed by atoms with Crippen molar-refractivity contribution in [2.45, 2.75) is 18.8 Å². The average molecular weight is 164 g/mol. The summed E-state index contributed by atoms with van der Waals surface area (Å²) in [6.07, 6.45) is 0.187. The number of likely N-dealkylation sites (tertiary alicyclic amines) is 1. The lowest BCUT2D eigenvalue weighted by Crippen LogP contribution is -2.47. The zero-order chi connectivity index (χ0) is 8.48. The van der Waals surface area contributed by atoms with Crippen LogP contribution in [0.3, 0.4) is 0 Å². The van der Waals surface area contributed by atoms with Gasteiger partial charge in [-0.15, -0.1) is 0 Å². The fraction of sp³-hybridized carbons (Fsp3) is 0.833. The Kier molecular flexibility index (Phi) is 1.97. The van der Waals surface area contributed by atoms with E-state index in [0.29, 0.717) is 13.0 Å². The summed E-state index contributed by atoms with van der Waals surface area (Å²) in [5, 5.41) is 0. The first-order chi connectivity index (χ1) is 5.01. The van der Waals surface area contributed by atoms with Crippen LogP contribution in [0.15, 0.2) is 0 Å². The topological polar surface area (TPSA) is 46.3 Å². The molecule has 0 aromatic carbocycles. The zero-order valence-electron chi connectivity index (χ0n) is 6.02. The Morgan fingerprint density at radius 2 is 2.18 bits per heavy atom. The number of carbonyl (C=O) groups is 1. The number of hydrogen-bond acceptors (Lipinski definition) is 1. The van der Waals surface area contributed by atoms with Gasteiger partial charge < -0.3 is 10.6 Å². The molecule has 0 bridgehead atoms. The maximum Gasteiger partial charge on any atom is 0.314 e. The number of rotatable bonds is 0. The molecule has 0 aromatic rings. The third kappa shape index (κ3) is 2.03. The number of nitrogens with two attached hydrogens (primary N) is 1. The van der Waals surface area contributed by atoms with E-state index < -0.39 is 18.5 Å². The number of hydrogen-bond donors (Lipinski definition) is 1. The van der Waals surface area contributed by atoms with Crippen LogP contribution in [0.5, 0.6) is 0 Å². The molecule has 1 fully saturated rings. The van der Waals surface area contributed by atoms with Crippen LogP contribution in [0.1, 0.15) is 12.8 Å². The monoisotopic (exact) mass is 164 g/mol. The van der Waals surface area contributed by atoms with E-state index in [1.165, 1.54) is 0 Å². The molecule has 0 aromatic heterocycles. The molecule has 2 amide bonds. The van der Waals surface area contributed by atoms with Crippen molar-refractivity contribution in [3.63, 3.8) is 0 Å². The van der Waals surface area contributed by atoms with Crippen molar-refractivity contribution in [3.8, 4) is 0 Å². The molecule has 2 N–H and O–H groups in total. The minimum absolute atomic E-state index is 0.142. The van der Waals surface area contributed by atoms with Crippen LogP contribution in [-0.2, 0) is 0 Å². The van der Waals surface area contributed by atoms with Gasteiger partial charge in [0.1, 0.15) is 0 Å². The molecule has 0 radical (unpaired) electrons. The molecule has 5 heteroatoms. The Labute approximate surface area is 63.2 Å². The van der Waals surface area contributed by atoms with Gasteiger partial charge in [-0.05, 0) is 6.42 Å². The SMILES string of the molecule is NC(=O)N1CCCC(F)(F)C1. The van der Waals surface area contributed by atoms with Crippen LogP contribution in [0, 0.1) is 0 Å². The number of urea groups is 1. The van der Waals surface area contributed by atoms with Gasteiger partial charge in [0.25, 0.3) is 5.92 Å². The van der Waals surface area contributed by atoms with E-state index in [1.807, 2.05) is 0 Å². The molecule has 1 rings (SSSR count). The summed E-state index contributed by atoms with van der Waals surface area (Å²) in [5.41, 5.74) is 4.84. The molecule has 11 heavy (non-hydrogen) atoms. The summed E-state index contributed by atoms with van der Waals surface area (Å²) in [4.78, 5) is 11.4. The number of halogens is 2. The Bertz CT molecular complexity index is 172. The quantitative estimate of drug-likeness (QED) is 0.565. The van der Waals surface area contributed by atoms with Crippen LogP contribution in [0.25, 0.3) is 0 Å². The molecule has 0 saturated carbocycles. The second-order valence-corrected chi connectivity index (χ2v) is 2.72. The molecule has 0 aliphatic carbocycles. The van der Waals surface area contributed by atoms with E-state index >= 15 is 0 Å². The minimum Gasteiger partial charge on any atom is -0.351 e. The number of carbonyl (C=O) groups excluding carboxylic acids is 1. The first-order valence-electron chi connectivity index (χ1n) is 3.43. The summed E-state index contributed by atoms with van der Waals surface area (Å²) in [7, 11) is 0. The van der Waals surface area contributed by atoms with Crippen LogP contribution < -0.4 is 5.73 Å². The summed E-state index contributed by atoms with van der Waals surface area (Å²) < 4.78 is 25.1. The highest BCUT2D eigenvalue weighted by atomic mass is 19.3. The van der Waals surface area contributed by atoms with Gasteiger partial charge in [0.05, 0.1) is 6.54 Å². The van der Waals surface area contributed by atoms with Crippen molar-refractivity contribution in [1.29, 1.82) is 0 Å². The van der Waals surface area contributed by atoms with E-state index in [1.54, 1.807) is 0 Å². The fourth-order valence-electron chi connectivity index (χ4n) is 1.15. The molecule has 1 aliphatic rings. The average Bonchev–Trinajstić information content (AvgIpc) is 1.85. The van der Waals surface area contributed by atoms with Gasteiger partial charge in [-0.2, -0.15) is 0 Å². The van der Waals surface area contributed by atoms with Gasteiger partial charge in [-0.25, -0.2) is 13.6 Å². The minimum atomic E-state index is -2.74. The highest BCUT2D eigenvalue weighted by molar-refractivity contribution is 5.72. The molecular formula is C6H10F2N2O. The molecular weight excluding hydrogens is 154 g/mol. The Balaban J connectivity index is 2.53. The lowest BCUT2D eigenvalue weighted by atomic mass is 10.1. The summed E-state index contributed by atoms with van der Waals surface area (Å²) in [6.45, 7) is -0.173. The standard InChI is InChI=1S/C6H10F2N2O/c7-6(8)2-1-3-10(4-6)5(9)11/h1-4H2,(H2,9,11). The third-order valence-electron chi connectivity index (χ3n) is 1.70. The smallest absolute Gasteiger partial charge is 0.314 e. The zero-order valence-corrected chi connectivity index (χ0v) is 6.02. The predicted molar refractivity (Wildman–Crippen MR) is 35.3 cm³/mol. The Morgan fingerprint density at radius 3 is 2.55 bits per heavy atom. The second kappa shape index (κ2) is 2.64. The second-order valence-electron chi connectivity index (χ2n) is 2.72. The molecule has 0 spiro atoms. The molecule has 64 valence electrons. The Morgan fingerprint density at radius 1 is 1.55 bits per heavy atom. The lowest BCUT2D eigenvalue weighted by molar-refractivity contribution is -0.0515. The highest BCUT2D eigenvalue weighted by Gasteiger charge is 2.36. The number of alkyl halides is 2. The van der Waals surface area contributed by atoms with E-state index in [-0.39, 0.29) is 6.42 Å². The lowest BCUT2D eigenvalue weighted by Gasteiger charge is -2.30.